The lowest BCUT2D eigenvalue weighted by Crippen LogP contribution is -2.29. The average molecular weight is 486 g/mol. The number of hydrogen-bond acceptors (Lipinski definition) is 7. The summed E-state index contributed by atoms with van der Waals surface area (Å²) in [6.45, 7) is 3.18. The van der Waals surface area contributed by atoms with E-state index in [1.807, 2.05) is 0 Å². The molecule has 4 rings (SSSR count). The van der Waals surface area contributed by atoms with Crippen LogP contribution in [0.2, 0.25) is 0 Å². The molecule has 9 nitrogen and oxygen atoms in total. The summed E-state index contributed by atoms with van der Waals surface area (Å²) in [5.41, 5.74) is 2.28. The highest BCUT2D eigenvalue weighted by Gasteiger charge is 2.37. The van der Waals surface area contributed by atoms with Gasteiger partial charge in [0.15, 0.2) is 6.61 Å². The van der Waals surface area contributed by atoms with E-state index in [0.717, 1.165) is 10.5 Å². The molecule has 0 radical (unpaired) electrons. The van der Waals surface area contributed by atoms with Crippen LogP contribution in [0, 0.1) is 6.92 Å². The Balaban J connectivity index is 1.39. The van der Waals surface area contributed by atoms with E-state index in [2.05, 4.69) is 5.32 Å². The number of esters is 2. The molecule has 0 aliphatic carbocycles. The number of rotatable bonds is 7. The highest BCUT2D eigenvalue weighted by molar-refractivity contribution is 6.35. The number of carbonyl (C=O) groups excluding carboxylic acids is 5. The Morgan fingerprint density at radius 2 is 1.44 bits per heavy atom. The van der Waals surface area contributed by atoms with Gasteiger partial charge in [-0.05, 0) is 67.9 Å². The first kappa shape index (κ1) is 24.3. The minimum absolute atomic E-state index is 0.0353. The Morgan fingerprint density at radius 3 is 2.14 bits per heavy atom. The molecule has 3 amide bonds. The van der Waals surface area contributed by atoms with Gasteiger partial charge in [-0.2, -0.15) is 0 Å². The summed E-state index contributed by atoms with van der Waals surface area (Å²) in [6, 6.07) is 17.1. The maximum absolute atomic E-state index is 13.0. The van der Waals surface area contributed by atoms with Crippen LogP contribution in [0.15, 0.2) is 66.7 Å². The van der Waals surface area contributed by atoms with Crippen molar-refractivity contribution in [3.8, 4) is 0 Å². The standard InChI is InChI=1S/C27H22N2O7/c1-3-35-26(33)17-8-11-19(12-9-17)28-23(30)15-36-27(34)18-10-13-20-21(14-18)25(32)29(24(20)31)22-7-5-4-6-16(22)2/h4-14H,3,15H2,1-2H3,(H,28,30). The molecule has 0 spiro atoms. The van der Waals surface area contributed by atoms with Crippen molar-refractivity contribution in [1.82, 2.24) is 0 Å². The van der Waals surface area contributed by atoms with Gasteiger partial charge in [-0.1, -0.05) is 18.2 Å². The van der Waals surface area contributed by atoms with Gasteiger partial charge >= 0.3 is 11.9 Å². The van der Waals surface area contributed by atoms with Gasteiger partial charge in [0.2, 0.25) is 0 Å². The van der Waals surface area contributed by atoms with Gasteiger partial charge in [0.1, 0.15) is 0 Å². The number of aryl methyl sites for hydroxylation is 1. The molecule has 0 aromatic heterocycles. The number of nitrogens with one attached hydrogen (secondary N) is 1. The molecule has 0 bridgehead atoms. The lowest BCUT2D eigenvalue weighted by atomic mass is 10.1. The Labute approximate surface area is 206 Å². The molecule has 3 aromatic rings. The molecule has 1 aliphatic heterocycles. The van der Waals surface area contributed by atoms with E-state index in [9.17, 15) is 24.0 Å². The number of fused-ring (bicyclic) bond motifs is 1. The summed E-state index contributed by atoms with van der Waals surface area (Å²) in [5, 5.41) is 2.56. The van der Waals surface area contributed by atoms with Gasteiger partial charge in [0.05, 0.1) is 34.5 Å². The number of nitrogens with zero attached hydrogens (tertiary/aromatic N) is 1. The highest BCUT2D eigenvalue weighted by atomic mass is 16.5. The van der Waals surface area contributed by atoms with E-state index < -0.39 is 36.3 Å². The zero-order chi connectivity index (χ0) is 25.8. The number of hydrogen-bond donors (Lipinski definition) is 1. The zero-order valence-corrected chi connectivity index (χ0v) is 19.6. The Kier molecular flexibility index (Phi) is 6.91. The number of benzene rings is 3. The van der Waals surface area contributed by atoms with Crippen molar-refractivity contribution >= 4 is 41.0 Å². The van der Waals surface area contributed by atoms with Crippen LogP contribution in [-0.4, -0.2) is 42.9 Å². The minimum Gasteiger partial charge on any atom is -0.462 e. The molecule has 0 atom stereocenters. The summed E-state index contributed by atoms with van der Waals surface area (Å²) < 4.78 is 9.98. The topological polar surface area (TPSA) is 119 Å². The normalized spacial score (nSPS) is 12.2. The monoisotopic (exact) mass is 486 g/mol. The first-order chi connectivity index (χ1) is 17.3. The third-order valence-electron chi connectivity index (χ3n) is 5.49. The van der Waals surface area contributed by atoms with Gasteiger partial charge in [0, 0.05) is 5.69 Å². The summed E-state index contributed by atoms with van der Waals surface area (Å²) in [5.74, 6) is -2.90. The molecule has 0 saturated carbocycles. The van der Waals surface area contributed by atoms with E-state index in [1.54, 1.807) is 38.1 Å². The Bertz CT molecular complexity index is 1380. The third kappa shape index (κ3) is 4.85. The predicted octanol–water partition coefficient (Wildman–Crippen LogP) is 3.77. The maximum Gasteiger partial charge on any atom is 0.338 e. The largest absolute Gasteiger partial charge is 0.462 e. The smallest absolute Gasteiger partial charge is 0.338 e. The number of amides is 3. The van der Waals surface area contributed by atoms with E-state index in [-0.39, 0.29) is 23.3 Å². The van der Waals surface area contributed by atoms with Crippen LogP contribution in [0.1, 0.15) is 53.9 Å². The molecule has 36 heavy (non-hydrogen) atoms. The predicted molar refractivity (Wildman–Crippen MR) is 130 cm³/mol. The first-order valence-electron chi connectivity index (χ1n) is 11.1. The van der Waals surface area contributed by atoms with Crippen LogP contribution in [0.5, 0.6) is 0 Å². The number of anilines is 2. The van der Waals surface area contributed by atoms with Crippen LogP contribution < -0.4 is 10.2 Å². The average Bonchev–Trinajstić information content (AvgIpc) is 3.12. The lowest BCUT2D eigenvalue weighted by molar-refractivity contribution is -0.119. The van der Waals surface area contributed by atoms with Gasteiger partial charge in [-0.25, -0.2) is 14.5 Å². The maximum atomic E-state index is 13.0. The van der Waals surface area contributed by atoms with Gasteiger partial charge in [-0.3, -0.25) is 14.4 Å². The van der Waals surface area contributed by atoms with Crippen LogP contribution in [0.25, 0.3) is 0 Å². The molecule has 3 aromatic carbocycles. The molecule has 0 unspecified atom stereocenters. The molecule has 1 N–H and O–H groups in total. The molecular weight excluding hydrogens is 464 g/mol. The fourth-order valence-corrected chi connectivity index (χ4v) is 3.72. The van der Waals surface area contributed by atoms with E-state index in [0.29, 0.717) is 16.9 Å². The fraction of sp³-hybridized carbons (Fsp3) is 0.148. The summed E-state index contributed by atoms with van der Waals surface area (Å²) >= 11 is 0. The van der Waals surface area contributed by atoms with Crippen molar-refractivity contribution in [1.29, 1.82) is 0 Å². The Hall–Kier alpha value is -4.79. The second-order valence-electron chi connectivity index (χ2n) is 7.91. The molecule has 182 valence electrons. The van der Waals surface area contributed by atoms with E-state index in [1.165, 1.54) is 42.5 Å². The number of ether oxygens (including phenoxy) is 2. The molecular formula is C27H22N2O7. The molecule has 1 heterocycles. The molecule has 0 fully saturated rings. The lowest BCUT2D eigenvalue weighted by Gasteiger charge is -2.16. The van der Waals surface area contributed by atoms with Crippen molar-refractivity contribution in [2.75, 3.05) is 23.4 Å². The van der Waals surface area contributed by atoms with Crippen molar-refractivity contribution in [3.63, 3.8) is 0 Å². The summed E-state index contributed by atoms with van der Waals surface area (Å²) in [4.78, 5) is 63.3. The molecule has 0 saturated heterocycles. The van der Waals surface area contributed by atoms with Crippen molar-refractivity contribution in [2.45, 2.75) is 13.8 Å². The SMILES string of the molecule is CCOC(=O)c1ccc(NC(=O)COC(=O)c2ccc3c(c2)C(=O)N(c2ccccc2C)C3=O)cc1. The molecule has 1 aliphatic rings. The highest BCUT2D eigenvalue weighted by Crippen LogP contribution is 2.31. The minimum atomic E-state index is -0.819. The fourth-order valence-electron chi connectivity index (χ4n) is 3.72. The van der Waals surface area contributed by atoms with Gasteiger partial charge < -0.3 is 14.8 Å². The van der Waals surface area contributed by atoms with Crippen LogP contribution in [0.3, 0.4) is 0 Å². The van der Waals surface area contributed by atoms with Gasteiger partial charge in [-0.15, -0.1) is 0 Å². The van der Waals surface area contributed by atoms with Crippen molar-refractivity contribution in [3.05, 3.63) is 94.5 Å². The van der Waals surface area contributed by atoms with Crippen LogP contribution in [0.4, 0.5) is 11.4 Å². The summed E-state index contributed by atoms with van der Waals surface area (Å²) in [7, 11) is 0. The zero-order valence-electron chi connectivity index (χ0n) is 19.6. The number of para-hydroxylation sites is 1. The third-order valence-corrected chi connectivity index (χ3v) is 5.49. The first-order valence-corrected chi connectivity index (χ1v) is 11.1. The molecule has 9 heteroatoms. The van der Waals surface area contributed by atoms with Crippen LogP contribution >= 0.6 is 0 Å². The Morgan fingerprint density at radius 1 is 0.806 bits per heavy atom. The van der Waals surface area contributed by atoms with Crippen LogP contribution in [-0.2, 0) is 14.3 Å². The second-order valence-corrected chi connectivity index (χ2v) is 7.91. The number of imide groups is 1. The van der Waals surface area contributed by atoms with Crippen molar-refractivity contribution in [2.24, 2.45) is 0 Å². The summed E-state index contributed by atoms with van der Waals surface area (Å²) in [6.07, 6.45) is 0. The van der Waals surface area contributed by atoms with Crippen molar-refractivity contribution < 1.29 is 33.4 Å². The number of carbonyl (C=O) groups is 5. The second kappa shape index (κ2) is 10.2. The van der Waals surface area contributed by atoms with E-state index in [4.69, 9.17) is 9.47 Å². The van der Waals surface area contributed by atoms with E-state index >= 15 is 0 Å². The quantitative estimate of drug-likeness (QED) is 0.399. The van der Waals surface area contributed by atoms with Gasteiger partial charge in [0.25, 0.3) is 17.7 Å².